The third-order valence-corrected chi connectivity index (χ3v) is 3.54. The lowest BCUT2D eigenvalue weighted by atomic mass is 10.1. The molecule has 0 fully saturated rings. The van der Waals surface area contributed by atoms with Crippen LogP contribution >= 0.6 is 11.6 Å². The van der Waals surface area contributed by atoms with Gasteiger partial charge in [-0.3, -0.25) is 0 Å². The second kappa shape index (κ2) is 6.17. The Bertz CT molecular complexity index is 529. The first-order valence-corrected chi connectivity index (χ1v) is 6.96. The molecule has 0 aliphatic carbocycles. The highest BCUT2D eigenvalue weighted by molar-refractivity contribution is 6.30. The van der Waals surface area contributed by atoms with E-state index in [-0.39, 0.29) is 6.04 Å². The molecule has 0 saturated heterocycles. The predicted octanol–water partition coefficient (Wildman–Crippen LogP) is 3.15. The molecule has 5 heteroatoms. The van der Waals surface area contributed by atoms with Crippen LogP contribution in [0.15, 0.2) is 24.3 Å². The summed E-state index contributed by atoms with van der Waals surface area (Å²) in [5, 5.41) is 12.6. The van der Waals surface area contributed by atoms with Crippen LogP contribution in [0, 0.1) is 0 Å². The van der Waals surface area contributed by atoms with Gasteiger partial charge in [-0.25, -0.2) is 4.68 Å². The summed E-state index contributed by atoms with van der Waals surface area (Å²) in [4.78, 5) is 0. The minimum absolute atomic E-state index is 0.246. The van der Waals surface area contributed by atoms with Crippen LogP contribution in [0.25, 0.3) is 5.69 Å². The SMILES string of the molecule is CCc1c(C(CC)NC)nnn1-c1ccc(Cl)cc1. The van der Waals surface area contributed by atoms with Crippen LogP contribution in [0.1, 0.15) is 37.7 Å². The summed E-state index contributed by atoms with van der Waals surface area (Å²) in [5.41, 5.74) is 3.16. The second-order valence-corrected chi connectivity index (χ2v) is 4.85. The van der Waals surface area contributed by atoms with Crippen LogP contribution in [-0.4, -0.2) is 22.0 Å². The van der Waals surface area contributed by atoms with Crippen molar-refractivity contribution in [2.24, 2.45) is 0 Å². The Balaban J connectivity index is 2.44. The van der Waals surface area contributed by atoms with E-state index in [1.165, 1.54) is 0 Å². The lowest BCUT2D eigenvalue weighted by Gasteiger charge is -2.13. The Morgan fingerprint density at radius 1 is 1.26 bits per heavy atom. The molecule has 0 amide bonds. The Kier molecular flexibility index (Phi) is 4.56. The molecule has 1 aromatic heterocycles. The minimum atomic E-state index is 0.246. The van der Waals surface area contributed by atoms with Gasteiger partial charge in [0, 0.05) is 5.02 Å². The largest absolute Gasteiger partial charge is 0.312 e. The topological polar surface area (TPSA) is 42.7 Å². The highest BCUT2D eigenvalue weighted by Crippen LogP contribution is 2.22. The Hall–Kier alpha value is -1.39. The molecule has 102 valence electrons. The number of benzene rings is 1. The summed E-state index contributed by atoms with van der Waals surface area (Å²) in [6.07, 6.45) is 1.88. The molecule has 0 saturated carbocycles. The van der Waals surface area contributed by atoms with Crippen LogP contribution < -0.4 is 5.32 Å². The van der Waals surface area contributed by atoms with E-state index in [4.69, 9.17) is 11.6 Å². The number of halogens is 1. The molecule has 0 spiro atoms. The summed E-state index contributed by atoms with van der Waals surface area (Å²) >= 11 is 5.92. The van der Waals surface area contributed by atoms with Gasteiger partial charge in [-0.2, -0.15) is 0 Å². The maximum atomic E-state index is 5.92. The third-order valence-electron chi connectivity index (χ3n) is 3.29. The van der Waals surface area contributed by atoms with Gasteiger partial charge in [0.1, 0.15) is 5.69 Å². The number of hydrogen-bond acceptors (Lipinski definition) is 3. The molecule has 0 aliphatic rings. The van der Waals surface area contributed by atoms with Crippen LogP contribution in [0.3, 0.4) is 0 Å². The molecule has 1 heterocycles. The maximum absolute atomic E-state index is 5.92. The highest BCUT2D eigenvalue weighted by Gasteiger charge is 2.18. The van der Waals surface area contributed by atoms with E-state index >= 15 is 0 Å². The molecule has 4 nitrogen and oxygen atoms in total. The molecular formula is C14H19ClN4. The molecule has 2 aromatic rings. The van der Waals surface area contributed by atoms with Crippen molar-refractivity contribution in [2.45, 2.75) is 32.7 Å². The fourth-order valence-electron chi connectivity index (χ4n) is 2.24. The first kappa shape index (κ1) is 14.0. The summed E-state index contributed by atoms with van der Waals surface area (Å²) in [7, 11) is 1.95. The zero-order chi connectivity index (χ0) is 13.8. The third kappa shape index (κ3) is 2.80. The molecule has 2 rings (SSSR count). The van der Waals surface area contributed by atoms with Gasteiger partial charge in [0.25, 0.3) is 0 Å². The highest BCUT2D eigenvalue weighted by atomic mass is 35.5. The Morgan fingerprint density at radius 3 is 2.47 bits per heavy atom. The summed E-state index contributed by atoms with van der Waals surface area (Å²) in [5.74, 6) is 0. The van der Waals surface area contributed by atoms with Crippen molar-refractivity contribution in [3.63, 3.8) is 0 Å². The van der Waals surface area contributed by atoms with Crippen molar-refractivity contribution in [3.8, 4) is 5.69 Å². The molecule has 1 unspecified atom stereocenters. The number of rotatable bonds is 5. The van der Waals surface area contributed by atoms with Crippen molar-refractivity contribution in [2.75, 3.05) is 7.05 Å². The lowest BCUT2D eigenvalue weighted by Crippen LogP contribution is -2.17. The zero-order valence-corrected chi connectivity index (χ0v) is 12.3. The van der Waals surface area contributed by atoms with Gasteiger partial charge in [0.15, 0.2) is 0 Å². The van der Waals surface area contributed by atoms with E-state index in [2.05, 4.69) is 29.5 Å². The summed E-state index contributed by atoms with van der Waals surface area (Å²) in [6.45, 7) is 4.26. The molecule has 0 radical (unpaired) electrons. The van der Waals surface area contributed by atoms with Crippen LogP contribution in [-0.2, 0) is 6.42 Å². The summed E-state index contributed by atoms with van der Waals surface area (Å²) < 4.78 is 1.89. The van der Waals surface area contributed by atoms with Crippen LogP contribution in [0.5, 0.6) is 0 Å². The number of nitrogens with one attached hydrogen (secondary N) is 1. The number of hydrogen-bond donors (Lipinski definition) is 1. The van der Waals surface area contributed by atoms with Crippen molar-refractivity contribution < 1.29 is 0 Å². The first-order chi connectivity index (χ1) is 9.21. The average molecular weight is 279 g/mol. The number of nitrogens with zero attached hydrogens (tertiary/aromatic N) is 3. The molecule has 0 bridgehead atoms. The Morgan fingerprint density at radius 2 is 1.95 bits per heavy atom. The van der Waals surface area contributed by atoms with Gasteiger partial charge >= 0.3 is 0 Å². The normalized spacial score (nSPS) is 12.6. The van der Waals surface area contributed by atoms with E-state index < -0.39 is 0 Å². The number of aromatic nitrogens is 3. The van der Waals surface area contributed by atoms with Crippen LogP contribution in [0.4, 0.5) is 0 Å². The quantitative estimate of drug-likeness (QED) is 0.914. The fraction of sp³-hybridized carbons (Fsp3) is 0.429. The predicted molar refractivity (Wildman–Crippen MR) is 77.8 cm³/mol. The molecule has 1 atom stereocenters. The van der Waals surface area contributed by atoms with Gasteiger partial charge in [0.2, 0.25) is 0 Å². The second-order valence-electron chi connectivity index (χ2n) is 4.41. The van der Waals surface area contributed by atoms with Gasteiger partial charge in [0.05, 0.1) is 17.4 Å². The molecule has 0 aliphatic heterocycles. The van der Waals surface area contributed by atoms with E-state index in [1.807, 2.05) is 36.0 Å². The zero-order valence-electron chi connectivity index (χ0n) is 11.5. The van der Waals surface area contributed by atoms with E-state index in [0.717, 1.165) is 34.9 Å². The van der Waals surface area contributed by atoms with Gasteiger partial charge in [-0.15, -0.1) is 5.10 Å². The van der Waals surface area contributed by atoms with E-state index in [0.29, 0.717) is 0 Å². The van der Waals surface area contributed by atoms with Crippen LogP contribution in [0.2, 0.25) is 5.02 Å². The summed E-state index contributed by atoms with van der Waals surface area (Å²) in [6, 6.07) is 7.90. The van der Waals surface area contributed by atoms with Crippen molar-refractivity contribution in [3.05, 3.63) is 40.7 Å². The molecule has 19 heavy (non-hydrogen) atoms. The van der Waals surface area contributed by atoms with Gasteiger partial charge in [-0.1, -0.05) is 30.7 Å². The molecular weight excluding hydrogens is 260 g/mol. The van der Waals surface area contributed by atoms with Gasteiger partial charge in [-0.05, 0) is 44.2 Å². The standard InChI is InChI=1S/C14H19ClN4/c1-4-12(16-3)14-13(5-2)19(18-17-14)11-8-6-10(15)7-9-11/h6-9,12,16H,4-5H2,1-3H3. The van der Waals surface area contributed by atoms with E-state index in [9.17, 15) is 0 Å². The average Bonchev–Trinajstić information content (AvgIpc) is 2.85. The van der Waals surface area contributed by atoms with E-state index in [1.54, 1.807) is 0 Å². The van der Waals surface area contributed by atoms with Crippen molar-refractivity contribution in [1.82, 2.24) is 20.3 Å². The maximum Gasteiger partial charge on any atom is 0.103 e. The lowest BCUT2D eigenvalue weighted by molar-refractivity contribution is 0.555. The monoisotopic (exact) mass is 278 g/mol. The minimum Gasteiger partial charge on any atom is -0.312 e. The smallest absolute Gasteiger partial charge is 0.103 e. The fourth-order valence-corrected chi connectivity index (χ4v) is 2.36. The Labute approximate surface area is 118 Å². The van der Waals surface area contributed by atoms with Crippen molar-refractivity contribution in [1.29, 1.82) is 0 Å². The van der Waals surface area contributed by atoms with Crippen molar-refractivity contribution >= 4 is 11.6 Å². The van der Waals surface area contributed by atoms with Gasteiger partial charge < -0.3 is 5.32 Å². The molecule has 1 N–H and O–H groups in total. The first-order valence-electron chi connectivity index (χ1n) is 6.58. The molecule has 1 aromatic carbocycles.